The van der Waals surface area contributed by atoms with Gasteiger partial charge >= 0.3 is 0 Å². The van der Waals surface area contributed by atoms with Crippen LogP contribution in [0.5, 0.6) is 0 Å². The van der Waals surface area contributed by atoms with E-state index in [0.29, 0.717) is 12.3 Å². The Morgan fingerprint density at radius 2 is 2.13 bits per heavy atom. The molecule has 82 valence electrons. The van der Waals surface area contributed by atoms with Crippen LogP contribution >= 0.6 is 0 Å². The first-order chi connectivity index (χ1) is 7.27. The monoisotopic (exact) mass is 207 g/mol. The Hall–Kier alpha value is -1.06. The minimum atomic E-state index is -0.607. The summed E-state index contributed by atoms with van der Waals surface area (Å²) in [6.45, 7) is 1.11. The molecule has 0 bridgehead atoms. The van der Waals surface area contributed by atoms with Crippen LogP contribution in [0.1, 0.15) is 24.5 Å². The highest BCUT2D eigenvalue weighted by molar-refractivity contribution is 5.47. The zero-order valence-corrected chi connectivity index (χ0v) is 8.73. The first kappa shape index (κ1) is 10.5. The summed E-state index contributed by atoms with van der Waals surface area (Å²) in [5, 5.41) is 9.83. The molecule has 1 aliphatic carbocycles. The normalized spacial score (nSPS) is 17.7. The summed E-state index contributed by atoms with van der Waals surface area (Å²) in [6, 6.07) is 7.35. The van der Waals surface area contributed by atoms with E-state index in [1.165, 1.54) is 12.8 Å². The number of hydrogen-bond donors (Lipinski definition) is 2. The van der Waals surface area contributed by atoms with Crippen molar-refractivity contribution in [1.82, 2.24) is 0 Å². The predicted octanol–water partition coefficient (Wildman–Crippen LogP) is 1.73. The van der Waals surface area contributed by atoms with Crippen LogP contribution in [-0.2, 0) is 4.74 Å². The molecule has 3 heteroatoms. The molecule has 15 heavy (non-hydrogen) atoms. The molecule has 0 radical (unpaired) electrons. The lowest BCUT2D eigenvalue weighted by Crippen LogP contribution is -2.10. The molecule has 0 heterocycles. The van der Waals surface area contributed by atoms with Crippen LogP contribution in [-0.4, -0.2) is 18.3 Å². The molecule has 1 aliphatic rings. The van der Waals surface area contributed by atoms with Crippen LogP contribution in [0, 0.1) is 5.92 Å². The van der Waals surface area contributed by atoms with Crippen molar-refractivity contribution in [3.05, 3.63) is 29.8 Å². The zero-order valence-electron chi connectivity index (χ0n) is 8.73. The summed E-state index contributed by atoms with van der Waals surface area (Å²) in [5.74, 6) is 0.727. The van der Waals surface area contributed by atoms with Crippen LogP contribution in [0.2, 0.25) is 0 Å². The fraction of sp³-hybridized carbons (Fsp3) is 0.500. The van der Waals surface area contributed by atoms with E-state index in [0.717, 1.165) is 18.1 Å². The SMILES string of the molecule is Nc1ccccc1C(O)COCC1CC1. The highest BCUT2D eigenvalue weighted by Gasteiger charge is 2.21. The average Bonchev–Trinajstić information content (AvgIpc) is 3.02. The summed E-state index contributed by atoms with van der Waals surface area (Å²) in [5.41, 5.74) is 7.13. The first-order valence-corrected chi connectivity index (χ1v) is 5.37. The topological polar surface area (TPSA) is 55.5 Å². The second kappa shape index (κ2) is 4.64. The lowest BCUT2D eigenvalue weighted by molar-refractivity contribution is 0.0318. The van der Waals surface area contributed by atoms with Gasteiger partial charge in [-0.05, 0) is 24.8 Å². The quantitative estimate of drug-likeness (QED) is 0.723. The Kier molecular flexibility index (Phi) is 3.23. The van der Waals surface area contributed by atoms with Gasteiger partial charge in [-0.1, -0.05) is 18.2 Å². The largest absolute Gasteiger partial charge is 0.398 e. The smallest absolute Gasteiger partial charge is 0.104 e. The summed E-state index contributed by atoms with van der Waals surface area (Å²) in [6.07, 6.45) is 1.93. The lowest BCUT2D eigenvalue weighted by Gasteiger charge is -2.13. The van der Waals surface area contributed by atoms with Crippen molar-refractivity contribution in [2.75, 3.05) is 18.9 Å². The van der Waals surface area contributed by atoms with Gasteiger partial charge in [-0.2, -0.15) is 0 Å². The number of benzene rings is 1. The van der Waals surface area contributed by atoms with Crippen LogP contribution in [0.25, 0.3) is 0 Å². The molecule has 0 spiro atoms. The third kappa shape index (κ3) is 2.94. The molecule has 1 unspecified atom stereocenters. The summed E-state index contributed by atoms with van der Waals surface area (Å²) in [7, 11) is 0. The molecule has 2 rings (SSSR count). The Morgan fingerprint density at radius 3 is 2.80 bits per heavy atom. The van der Waals surface area contributed by atoms with Gasteiger partial charge in [-0.25, -0.2) is 0 Å². The maximum absolute atomic E-state index is 9.83. The van der Waals surface area contributed by atoms with Crippen molar-refractivity contribution in [2.24, 2.45) is 5.92 Å². The molecule has 0 saturated heterocycles. The van der Waals surface area contributed by atoms with Crippen molar-refractivity contribution in [3.63, 3.8) is 0 Å². The van der Waals surface area contributed by atoms with Gasteiger partial charge in [0.05, 0.1) is 6.61 Å². The fourth-order valence-corrected chi connectivity index (χ4v) is 1.53. The third-order valence-electron chi connectivity index (χ3n) is 2.68. The zero-order chi connectivity index (χ0) is 10.7. The fourth-order valence-electron chi connectivity index (χ4n) is 1.53. The van der Waals surface area contributed by atoms with E-state index in [4.69, 9.17) is 10.5 Å². The van der Waals surface area contributed by atoms with Crippen LogP contribution in [0.3, 0.4) is 0 Å². The van der Waals surface area contributed by atoms with E-state index >= 15 is 0 Å². The van der Waals surface area contributed by atoms with Gasteiger partial charge in [0.1, 0.15) is 6.10 Å². The predicted molar refractivity (Wildman–Crippen MR) is 59.4 cm³/mol. The maximum atomic E-state index is 9.83. The summed E-state index contributed by atoms with van der Waals surface area (Å²) < 4.78 is 5.42. The van der Waals surface area contributed by atoms with Crippen molar-refractivity contribution in [3.8, 4) is 0 Å². The standard InChI is InChI=1S/C12H17NO2/c13-11-4-2-1-3-10(11)12(14)8-15-7-9-5-6-9/h1-4,9,12,14H,5-8,13H2. The van der Waals surface area contributed by atoms with E-state index in [9.17, 15) is 5.11 Å². The molecule has 0 amide bonds. The van der Waals surface area contributed by atoms with E-state index in [-0.39, 0.29) is 0 Å². The van der Waals surface area contributed by atoms with Gasteiger partial charge in [-0.15, -0.1) is 0 Å². The number of aliphatic hydroxyl groups is 1. The highest BCUT2D eigenvalue weighted by atomic mass is 16.5. The van der Waals surface area contributed by atoms with Gasteiger partial charge in [0.25, 0.3) is 0 Å². The molecule has 0 aliphatic heterocycles. The number of nitrogens with two attached hydrogens (primary N) is 1. The van der Waals surface area contributed by atoms with Gasteiger partial charge in [0, 0.05) is 17.9 Å². The van der Waals surface area contributed by atoms with Gasteiger partial charge in [0.15, 0.2) is 0 Å². The molecule has 0 aromatic heterocycles. The van der Waals surface area contributed by atoms with Crippen molar-refractivity contribution < 1.29 is 9.84 Å². The first-order valence-electron chi connectivity index (χ1n) is 5.37. The number of aliphatic hydroxyl groups excluding tert-OH is 1. The molecular formula is C12H17NO2. The highest BCUT2D eigenvalue weighted by Crippen LogP contribution is 2.29. The summed E-state index contributed by atoms with van der Waals surface area (Å²) >= 11 is 0. The Balaban J connectivity index is 1.83. The molecule has 1 fully saturated rings. The Labute approximate surface area is 89.9 Å². The molecular weight excluding hydrogens is 190 g/mol. The van der Waals surface area contributed by atoms with Crippen LogP contribution in [0.15, 0.2) is 24.3 Å². The molecule has 3 nitrogen and oxygen atoms in total. The van der Waals surface area contributed by atoms with Crippen LogP contribution < -0.4 is 5.73 Å². The second-order valence-corrected chi connectivity index (χ2v) is 4.13. The average molecular weight is 207 g/mol. The van der Waals surface area contributed by atoms with Crippen LogP contribution in [0.4, 0.5) is 5.69 Å². The van der Waals surface area contributed by atoms with Crippen molar-refractivity contribution in [2.45, 2.75) is 18.9 Å². The number of rotatable bonds is 5. The summed E-state index contributed by atoms with van der Waals surface area (Å²) in [4.78, 5) is 0. The van der Waals surface area contributed by atoms with Gasteiger partial charge in [0.2, 0.25) is 0 Å². The van der Waals surface area contributed by atoms with E-state index in [1.807, 2.05) is 18.2 Å². The minimum absolute atomic E-state index is 0.338. The number of nitrogen functional groups attached to an aromatic ring is 1. The van der Waals surface area contributed by atoms with E-state index in [2.05, 4.69) is 0 Å². The number of anilines is 1. The van der Waals surface area contributed by atoms with Gasteiger partial charge < -0.3 is 15.6 Å². The molecule has 1 saturated carbocycles. The number of para-hydroxylation sites is 1. The van der Waals surface area contributed by atoms with Crippen molar-refractivity contribution >= 4 is 5.69 Å². The second-order valence-electron chi connectivity index (χ2n) is 4.13. The molecule has 1 aromatic carbocycles. The van der Waals surface area contributed by atoms with E-state index in [1.54, 1.807) is 6.07 Å². The number of ether oxygens (including phenoxy) is 1. The Morgan fingerprint density at radius 1 is 1.40 bits per heavy atom. The third-order valence-corrected chi connectivity index (χ3v) is 2.68. The number of hydrogen-bond acceptors (Lipinski definition) is 3. The minimum Gasteiger partial charge on any atom is -0.398 e. The molecule has 1 aromatic rings. The van der Waals surface area contributed by atoms with Gasteiger partial charge in [-0.3, -0.25) is 0 Å². The molecule has 3 N–H and O–H groups in total. The van der Waals surface area contributed by atoms with Crippen molar-refractivity contribution in [1.29, 1.82) is 0 Å². The van der Waals surface area contributed by atoms with E-state index < -0.39 is 6.10 Å². The maximum Gasteiger partial charge on any atom is 0.104 e. The molecule has 1 atom stereocenters. The lowest BCUT2D eigenvalue weighted by atomic mass is 10.1. The Bertz CT molecular complexity index is 323.